The lowest BCUT2D eigenvalue weighted by molar-refractivity contribution is 0.412. The second-order valence-electron chi connectivity index (χ2n) is 5.19. The lowest BCUT2D eigenvalue weighted by atomic mass is 9.95. The van der Waals surface area contributed by atoms with Crippen molar-refractivity contribution in [2.45, 2.75) is 13.8 Å². The summed E-state index contributed by atoms with van der Waals surface area (Å²) in [4.78, 5) is 0. The van der Waals surface area contributed by atoms with Gasteiger partial charge in [-0.2, -0.15) is 0 Å². The number of tetrazole rings is 1. The predicted molar refractivity (Wildman–Crippen MR) is 85.5 cm³/mol. The number of nitrogens with zero attached hydrogens (tertiary/aromatic N) is 3. The zero-order valence-corrected chi connectivity index (χ0v) is 12.7. The zero-order valence-electron chi connectivity index (χ0n) is 12.7. The Morgan fingerprint density at radius 1 is 1.05 bits per heavy atom. The highest BCUT2D eigenvalue weighted by molar-refractivity contribution is 5.84. The van der Waals surface area contributed by atoms with Crippen molar-refractivity contribution in [3.63, 3.8) is 0 Å². The smallest absolute Gasteiger partial charge is 0.180 e. The molecule has 3 aromatic rings. The summed E-state index contributed by atoms with van der Waals surface area (Å²) in [5, 5.41) is 14.1. The molecule has 0 unspecified atom stereocenters. The summed E-state index contributed by atoms with van der Waals surface area (Å²) in [5.41, 5.74) is 11.8. The Kier molecular flexibility index (Phi) is 3.50. The lowest BCUT2D eigenvalue weighted by Crippen LogP contribution is -1.96. The number of methoxy groups -OCH3 is 1. The third-order valence-electron chi connectivity index (χ3n) is 3.71. The Morgan fingerprint density at radius 3 is 2.50 bits per heavy atom. The van der Waals surface area contributed by atoms with Crippen molar-refractivity contribution >= 4 is 5.69 Å². The van der Waals surface area contributed by atoms with Gasteiger partial charge < -0.3 is 10.5 Å². The van der Waals surface area contributed by atoms with Gasteiger partial charge in [-0.05, 0) is 70.8 Å². The molecule has 0 aliphatic heterocycles. The average Bonchev–Trinajstić information content (AvgIpc) is 3.03. The Hall–Kier alpha value is -2.89. The second kappa shape index (κ2) is 5.48. The van der Waals surface area contributed by atoms with Crippen molar-refractivity contribution in [3.05, 3.63) is 41.5 Å². The molecule has 0 saturated heterocycles. The van der Waals surface area contributed by atoms with E-state index in [9.17, 15) is 0 Å². The molecule has 0 bridgehead atoms. The number of H-pyrrole nitrogens is 1. The molecular weight excluding hydrogens is 278 g/mol. The molecule has 1 aromatic heterocycles. The molecule has 3 N–H and O–H groups in total. The summed E-state index contributed by atoms with van der Waals surface area (Å²) >= 11 is 0. The van der Waals surface area contributed by atoms with Crippen LogP contribution in [-0.2, 0) is 0 Å². The number of aryl methyl sites for hydroxylation is 2. The van der Waals surface area contributed by atoms with Gasteiger partial charge in [0.1, 0.15) is 5.75 Å². The van der Waals surface area contributed by atoms with Gasteiger partial charge in [0, 0.05) is 11.3 Å². The van der Waals surface area contributed by atoms with Gasteiger partial charge in [0.2, 0.25) is 0 Å². The number of nitrogens with two attached hydrogens (primary N) is 1. The maximum Gasteiger partial charge on any atom is 0.180 e. The number of nitrogens with one attached hydrogen (secondary N) is 1. The van der Waals surface area contributed by atoms with Gasteiger partial charge in [-0.1, -0.05) is 6.07 Å². The number of hydrogen-bond donors (Lipinski definition) is 2. The highest BCUT2D eigenvalue weighted by Gasteiger charge is 2.14. The fourth-order valence-electron chi connectivity index (χ4n) is 2.48. The van der Waals surface area contributed by atoms with Crippen molar-refractivity contribution in [1.29, 1.82) is 0 Å². The number of anilines is 1. The normalized spacial score (nSPS) is 10.7. The molecule has 0 aliphatic rings. The van der Waals surface area contributed by atoms with Crippen LogP contribution in [0.3, 0.4) is 0 Å². The third-order valence-corrected chi connectivity index (χ3v) is 3.71. The summed E-state index contributed by atoms with van der Waals surface area (Å²) in [6.07, 6.45) is 0. The quantitative estimate of drug-likeness (QED) is 0.725. The molecule has 3 rings (SSSR count). The van der Waals surface area contributed by atoms with E-state index in [-0.39, 0.29) is 0 Å². The molecular formula is C16H17N5O. The van der Waals surface area contributed by atoms with Crippen LogP contribution >= 0.6 is 0 Å². The summed E-state index contributed by atoms with van der Waals surface area (Å²) in [5.74, 6) is 1.45. The maximum absolute atomic E-state index is 6.05. The minimum absolute atomic E-state index is 0.593. The summed E-state index contributed by atoms with van der Waals surface area (Å²) in [6, 6.07) is 10.0. The SMILES string of the molecule is COc1ccc(-c2cc(C)c(N)cc2-c2nnn[nH]2)cc1C. The number of aromatic nitrogens is 4. The van der Waals surface area contributed by atoms with Crippen LogP contribution in [0.4, 0.5) is 5.69 Å². The Balaban J connectivity index is 2.21. The predicted octanol–water partition coefficient (Wildman–Crippen LogP) is 2.74. The van der Waals surface area contributed by atoms with E-state index >= 15 is 0 Å². The molecule has 1 heterocycles. The first kappa shape index (κ1) is 14.1. The van der Waals surface area contributed by atoms with Gasteiger partial charge >= 0.3 is 0 Å². The monoisotopic (exact) mass is 295 g/mol. The molecule has 6 nitrogen and oxygen atoms in total. The van der Waals surface area contributed by atoms with Crippen LogP contribution in [0.1, 0.15) is 11.1 Å². The van der Waals surface area contributed by atoms with E-state index in [0.29, 0.717) is 11.5 Å². The standard InChI is InChI=1S/C16H17N5O/c1-9-7-12(11-4-5-15(22-3)10(2)6-11)13(8-14(9)17)16-18-20-21-19-16/h4-8H,17H2,1-3H3,(H,18,19,20,21). The summed E-state index contributed by atoms with van der Waals surface area (Å²) in [6.45, 7) is 4.00. The van der Waals surface area contributed by atoms with Crippen LogP contribution in [-0.4, -0.2) is 27.7 Å². The number of aromatic amines is 1. The topological polar surface area (TPSA) is 89.7 Å². The van der Waals surface area contributed by atoms with Crippen LogP contribution in [0.5, 0.6) is 5.75 Å². The zero-order chi connectivity index (χ0) is 15.7. The molecule has 2 aromatic carbocycles. The van der Waals surface area contributed by atoms with Gasteiger partial charge in [-0.25, -0.2) is 5.10 Å². The molecule has 0 aliphatic carbocycles. The highest BCUT2D eigenvalue weighted by atomic mass is 16.5. The first-order valence-corrected chi connectivity index (χ1v) is 6.89. The highest BCUT2D eigenvalue weighted by Crippen LogP contribution is 2.35. The van der Waals surface area contributed by atoms with Gasteiger partial charge in [0.25, 0.3) is 0 Å². The van der Waals surface area contributed by atoms with Crippen molar-refractivity contribution in [2.75, 3.05) is 12.8 Å². The van der Waals surface area contributed by atoms with E-state index in [1.54, 1.807) is 7.11 Å². The lowest BCUT2D eigenvalue weighted by Gasteiger charge is -2.13. The van der Waals surface area contributed by atoms with E-state index in [4.69, 9.17) is 10.5 Å². The van der Waals surface area contributed by atoms with Gasteiger partial charge in [-0.3, -0.25) is 0 Å². The third kappa shape index (κ3) is 2.39. The van der Waals surface area contributed by atoms with E-state index in [2.05, 4.69) is 32.8 Å². The Labute approximate surface area is 128 Å². The molecule has 6 heteroatoms. The first-order chi connectivity index (χ1) is 10.6. The minimum atomic E-state index is 0.593. The van der Waals surface area contributed by atoms with Crippen molar-refractivity contribution in [3.8, 4) is 28.3 Å². The number of ether oxygens (including phenoxy) is 1. The van der Waals surface area contributed by atoms with E-state index in [1.165, 1.54) is 0 Å². The van der Waals surface area contributed by atoms with Crippen LogP contribution in [0.2, 0.25) is 0 Å². The number of nitrogen functional groups attached to an aromatic ring is 1. The number of benzene rings is 2. The fraction of sp³-hybridized carbons (Fsp3) is 0.188. The Bertz CT molecular complexity index is 812. The summed E-state index contributed by atoms with van der Waals surface area (Å²) in [7, 11) is 1.67. The van der Waals surface area contributed by atoms with Crippen LogP contribution in [0, 0.1) is 13.8 Å². The van der Waals surface area contributed by atoms with Gasteiger partial charge in [0.15, 0.2) is 5.82 Å². The van der Waals surface area contributed by atoms with Crippen molar-refractivity contribution in [1.82, 2.24) is 20.6 Å². The minimum Gasteiger partial charge on any atom is -0.496 e. The second-order valence-corrected chi connectivity index (χ2v) is 5.19. The fourth-order valence-corrected chi connectivity index (χ4v) is 2.48. The first-order valence-electron chi connectivity index (χ1n) is 6.89. The van der Waals surface area contributed by atoms with Crippen LogP contribution < -0.4 is 10.5 Å². The molecule has 112 valence electrons. The van der Waals surface area contributed by atoms with E-state index in [1.807, 2.05) is 32.0 Å². The van der Waals surface area contributed by atoms with Crippen LogP contribution in [0.25, 0.3) is 22.5 Å². The van der Waals surface area contributed by atoms with Crippen molar-refractivity contribution < 1.29 is 4.74 Å². The van der Waals surface area contributed by atoms with Gasteiger partial charge in [0.05, 0.1) is 7.11 Å². The summed E-state index contributed by atoms with van der Waals surface area (Å²) < 4.78 is 5.32. The van der Waals surface area contributed by atoms with Gasteiger partial charge in [-0.15, -0.1) is 5.10 Å². The van der Waals surface area contributed by atoms with E-state index < -0.39 is 0 Å². The molecule has 0 saturated carbocycles. The number of hydrogen-bond acceptors (Lipinski definition) is 5. The molecule has 22 heavy (non-hydrogen) atoms. The maximum atomic E-state index is 6.05. The van der Waals surface area contributed by atoms with Crippen molar-refractivity contribution in [2.24, 2.45) is 0 Å². The number of rotatable bonds is 3. The molecule has 0 spiro atoms. The van der Waals surface area contributed by atoms with Crippen LogP contribution in [0.15, 0.2) is 30.3 Å². The molecule has 0 amide bonds. The average molecular weight is 295 g/mol. The Morgan fingerprint density at radius 2 is 1.86 bits per heavy atom. The molecule has 0 atom stereocenters. The largest absolute Gasteiger partial charge is 0.496 e. The molecule has 0 radical (unpaired) electrons. The van der Waals surface area contributed by atoms with E-state index in [0.717, 1.165) is 33.6 Å². The molecule has 0 fully saturated rings.